The second-order valence-corrected chi connectivity index (χ2v) is 6.83. The first-order valence-electron chi connectivity index (χ1n) is 8.76. The van der Waals surface area contributed by atoms with Crippen LogP contribution in [0.2, 0.25) is 0 Å². The molecule has 0 spiro atoms. The lowest BCUT2D eigenvalue weighted by atomic mass is 10.1. The maximum atomic E-state index is 10.8. The van der Waals surface area contributed by atoms with Gasteiger partial charge in [-0.2, -0.15) is 0 Å². The zero-order valence-electron chi connectivity index (χ0n) is 14.1. The van der Waals surface area contributed by atoms with Crippen molar-refractivity contribution < 1.29 is 14.6 Å². The van der Waals surface area contributed by atoms with Crippen molar-refractivity contribution >= 4 is 5.91 Å². The van der Waals surface area contributed by atoms with Crippen molar-refractivity contribution in [2.45, 2.75) is 38.0 Å². The molecule has 0 saturated carbocycles. The molecule has 1 aromatic carbocycles. The maximum absolute atomic E-state index is 10.8. The van der Waals surface area contributed by atoms with Gasteiger partial charge in [-0.3, -0.25) is 14.6 Å². The van der Waals surface area contributed by atoms with E-state index in [-0.39, 0.29) is 18.8 Å². The van der Waals surface area contributed by atoms with E-state index in [0.29, 0.717) is 12.3 Å². The lowest BCUT2D eigenvalue weighted by Gasteiger charge is -2.33. The maximum Gasteiger partial charge on any atom is 0.255 e. The summed E-state index contributed by atoms with van der Waals surface area (Å²) in [5.41, 5.74) is 6.22. The topological polar surface area (TPSA) is 79.0 Å². The summed E-state index contributed by atoms with van der Waals surface area (Å²) in [5, 5.41) is 10.4. The number of primary amides is 1. The Hall–Kier alpha value is -1.63. The average molecular weight is 333 g/mol. The molecule has 6 heteroatoms. The van der Waals surface area contributed by atoms with Crippen LogP contribution in [0, 0.1) is 0 Å². The number of piperidine rings is 1. The van der Waals surface area contributed by atoms with Gasteiger partial charge in [0.25, 0.3) is 5.91 Å². The number of aliphatic hydroxyl groups excluding tert-OH is 1. The fraction of sp³-hybridized carbons (Fsp3) is 0.611. The summed E-state index contributed by atoms with van der Waals surface area (Å²) in [4.78, 5) is 15.5. The molecule has 132 valence electrons. The summed E-state index contributed by atoms with van der Waals surface area (Å²) in [6, 6.07) is 7.96. The standard InChI is InChI=1S/C18H27N3O3/c19-18(23)13-24-15-6-4-5-14(9-15)10-20-11-16(17(22)12-20)21-7-2-1-3-8-21/h4-6,9,16-17,22H,1-3,7-8,10-13H2,(H2,19,23)/t16-,17-/m0/s1. The first kappa shape index (κ1) is 17.2. The highest BCUT2D eigenvalue weighted by atomic mass is 16.5. The van der Waals surface area contributed by atoms with Gasteiger partial charge in [0.2, 0.25) is 0 Å². The predicted molar refractivity (Wildman–Crippen MR) is 91.6 cm³/mol. The van der Waals surface area contributed by atoms with E-state index >= 15 is 0 Å². The van der Waals surface area contributed by atoms with Gasteiger partial charge in [-0.25, -0.2) is 0 Å². The van der Waals surface area contributed by atoms with Gasteiger partial charge >= 0.3 is 0 Å². The van der Waals surface area contributed by atoms with Crippen LogP contribution in [0.3, 0.4) is 0 Å². The summed E-state index contributed by atoms with van der Waals surface area (Å²) in [6.07, 6.45) is 3.50. The van der Waals surface area contributed by atoms with Gasteiger partial charge in [-0.15, -0.1) is 0 Å². The number of carbonyl (C=O) groups excluding carboxylic acids is 1. The summed E-state index contributed by atoms with van der Waals surface area (Å²) < 4.78 is 5.36. The molecule has 2 atom stereocenters. The van der Waals surface area contributed by atoms with Gasteiger partial charge in [0, 0.05) is 25.7 Å². The Balaban J connectivity index is 1.56. The molecule has 0 unspecified atom stereocenters. The predicted octanol–water partition coefficient (Wildman–Crippen LogP) is 0.582. The third kappa shape index (κ3) is 4.47. The Kier molecular flexibility index (Phi) is 5.71. The van der Waals surface area contributed by atoms with E-state index in [1.807, 2.05) is 24.3 Å². The van der Waals surface area contributed by atoms with Gasteiger partial charge in [0.15, 0.2) is 6.61 Å². The Labute approximate surface area is 143 Å². The van der Waals surface area contributed by atoms with Crippen molar-refractivity contribution in [1.29, 1.82) is 0 Å². The van der Waals surface area contributed by atoms with Crippen LogP contribution in [-0.4, -0.2) is 65.7 Å². The van der Waals surface area contributed by atoms with E-state index in [9.17, 15) is 9.90 Å². The third-order valence-corrected chi connectivity index (χ3v) is 4.88. The van der Waals surface area contributed by atoms with Crippen LogP contribution in [-0.2, 0) is 11.3 Å². The Bertz CT molecular complexity index is 560. The van der Waals surface area contributed by atoms with Crippen molar-refractivity contribution in [3.8, 4) is 5.75 Å². The molecule has 1 aromatic rings. The summed E-state index contributed by atoms with van der Waals surface area (Å²) in [5.74, 6) is 0.172. The van der Waals surface area contributed by atoms with E-state index in [4.69, 9.17) is 10.5 Å². The van der Waals surface area contributed by atoms with Gasteiger partial charge in [-0.05, 0) is 43.6 Å². The van der Waals surface area contributed by atoms with Crippen molar-refractivity contribution in [1.82, 2.24) is 9.80 Å². The zero-order chi connectivity index (χ0) is 16.9. The number of nitrogens with two attached hydrogens (primary N) is 1. The fourth-order valence-corrected chi connectivity index (χ4v) is 3.73. The number of rotatable bonds is 6. The number of amides is 1. The molecule has 3 rings (SSSR count). The van der Waals surface area contributed by atoms with Crippen LogP contribution >= 0.6 is 0 Å². The molecule has 2 heterocycles. The number of nitrogens with zero attached hydrogens (tertiary/aromatic N) is 2. The molecule has 2 fully saturated rings. The van der Waals surface area contributed by atoms with Crippen LogP contribution in [0.15, 0.2) is 24.3 Å². The highest BCUT2D eigenvalue weighted by Gasteiger charge is 2.35. The molecule has 0 bridgehead atoms. The minimum Gasteiger partial charge on any atom is -0.484 e. The van der Waals surface area contributed by atoms with Crippen molar-refractivity contribution in [3.63, 3.8) is 0 Å². The quantitative estimate of drug-likeness (QED) is 0.796. The number of hydrogen-bond acceptors (Lipinski definition) is 5. The second kappa shape index (κ2) is 7.96. The first-order chi connectivity index (χ1) is 11.6. The fourth-order valence-electron chi connectivity index (χ4n) is 3.73. The molecule has 2 aliphatic heterocycles. The van der Waals surface area contributed by atoms with Crippen LogP contribution in [0.1, 0.15) is 24.8 Å². The van der Waals surface area contributed by atoms with E-state index in [2.05, 4.69) is 9.80 Å². The summed E-state index contributed by atoms with van der Waals surface area (Å²) in [6.45, 7) is 4.47. The number of likely N-dealkylation sites (tertiary alicyclic amines) is 2. The third-order valence-electron chi connectivity index (χ3n) is 4.88. The number of aliphatic hydroxyl groups is 1. The second-order valence-electron chi connectivity index (χ2n) is 6.83. The highest BCUT2D eigenvalue weighted by molar-refractivity contribution is 5.75. The van der Waals surface area contributed by atoms with Gasteiger partial charge in [-0.1, -0.05) is 18.6 Å². The number of benzene rings is 1. The number of carbonyl (C=O) groups is 1. The van der Waals surface area contributed by atoms with Crippen LogP contribution < -0.4 is 10.5 Å². The molecule has 3 N–H and O–H groups in total. The summed E-state index contributed by atoms with van der Waals surface area (Å²) >= 11 is 0. The Morgan fingerprint density at radius 3 is 2.79 bits per heavy atom. The van der Waals surface area contributed by atoms with Crippen molar-refractivity contribution in [3.05, 3.63) is 29.8 Å². The lowest BCUT2D eigenvalue weighted by molar-refractivity contribution is -0.119. The van der Waals surface area contributed by atoms with Gasteiger partial charge < -0.3 is 15.6 Å². The van der Waals surface area contributed by atoms with E-state index in [1.54, 1.807) is 0 Å². The smallest absolute Gasteiger partial charge is 0.255 e. The van der Waals surface area contributed by atoms with E-state index in [1.165, 1.54) is 19.3 Å². The SMILES string of the molecule is NC(=O)COc1cccc(CN2C[C@H](O)[C@@H](N3CCCCC3)C2)c1. The number of β-amino-alcohol motifs (C(OH)–C–C–N with tert-alkyl or cyclic N) is 1. The molecule has 0 aromatic heterocycles. The highest BCUT2D eigenvalue weighted by Crippen LogP contribution is 2.23. The summed E-state index contributed by atoms with van der Waals surface area (Å²) in [7, 11) is 0. The molecule has 2 saturated heterocycles. The molecule has 24 heavy (non-hydrogen) atoms. The Morgan fingerprint density at radius 2 is 2.04 bits per heavy atom. The first-order valence-corrected chi connectivity index (χ1v) is 8.76. The molecular formula is C18H27N3O3. The van der Waals surface area contributed by atoms with Gasteiger partial charge in [0.05, 0.1) is 6.10 Å². The Morgan fingerprint density at radius 1 is 1.25 bits per heavy atom. The molecule has 2 aliphatic rings. The van der Waals surface area contributed by atoms with Crippen LogP contribution in [0.25, 0.3) is 0 Å². The van der Waals surface area contributed by atoms with Gasteiger partial charge in [0.1, 0.15) is 5.75 Å². The molecular weight excluding hydrogens is 306 g/mol. The van der Waals surface area contributed by atoms with Crippen molar-refractivity contribution in [2.75, 3.05) is 32.8 Å². The minimum absolute atomic E-state index is 0.108. The molecule has 0 radical (unpaired) electrons. The monoisotopic (exact) mass is 333 g/mol. The zero-order valence-corrected chi connectivity index (χ0v) is 14.1. The molecule has 6 nitrogen and oxygen atoms in total. The number of ether oxygens (including phenoxy) is 1. The largest absolute Gasteiger partial charge is 0.484 e. The molecule has 1 amide bonds. The normalized spacial score (nSPS) is 25.7. The van der Waals surface area contributed by atoms with E-state index in [0.717, 1.165) is 31.7 Å². The van der Waals surface area contributed by atoms with Crippen LogP contribution in [0.5, 0.6) is 5.75 Å². The molecule has 0 aliphatic carbocycles. The van der Waals surface area contributed by atoms with E-state index < -0.39 is 5.91 Å². The lowest BCUT2D eigenvalue weighted by Crippen LogP contribution is -2.45. The average Bonchev–Trinajstić information content (AvgIpc) is 2.94. The minimum atomic E-state index is -0.479. The van der Waals surface area contributed by atoms with Crippen LogP contribution in [0.4, 0.5) is 0 Å². The number of hydrogen-bond donors (Lipinski definition) is 2. The van der Waals surface area contributed by atoms with Crippen molar-refractivity contribution in [2.24, 2.45) is 5.73 Å².